The molecule has 0 bridgehead atoms. The normalized spacial score (nSPS) is 18.6. The first-order valence-corrected chi connectivity index (χ1v) is 7.42. The summed E-state index contributed by atoms with van der Waals surface area (Å²) in [6, 6.07) is 5.88. The Bertz CT molecular complexity index is 494. The van der Waals surface area contributed by atoms with Gasteiger partial charge in [-0.3, -0.25) is 4.79 Å². The number of hydrogen-bond donors (Lipinski definition) is 0. The third-order valence-corrected chi connectivity index (χ3v) is 4.19. The zero-order valence-electron chi connectivity index (χ0n) is 11.9. The molecule has 1 heterocycles. The molecule has 0 atom stereocenters. The van der Waals surface area contributed by atoms with Crippen LogP contribution in [-0.2, 0) is 0 Å². The van der Waals surface area contributed by atoms with Crippen LogP contribution in [0.25, 0.3) is 0 Å². The van der Waals surface area contributed by atoms with Crippen LogP contribution in [0, 0.1) is 0 Å². The van der Waals surface area contributed by atoms with Gasteiger partial charge in [0.1, 0.15) is 0 Å². The number of amides is 1. The summed E-state index contributed by atoms with van der Waals surface area (Å²) in [6.07, 6.45) is 5.56. The zero-order chi connectivity index (χ0) is 13.9. The van der Waals surface area contributed by atoms with Crippen molar-refractivity contribution in [1.29, 1.82) is 0 Å². The summed E-state index contributed by atoms with van der Waals surface area (Å²) in [4.78, 5) is 14.4. The maximum absolute atomic E-state index is 12.5. The van der Waals surface area contributed by atoms with E-state index in [1.807, 2.05) is 30.1 Å². The molecule has 0 N–H and O–H groups in total. The number of fused-ring (bicyclic) bond motifs is 1. The Labute approximate surface area is 119 Å². The van der Waals surface area contributed by atoms with Gasteiger partial charge in [-0.1, -0.05) is 12.8 Å². The van der Waals surface area contributed by atoms with Crippen molar-refractivity contribution in [3.05, 3.63) is 23.8 Å². The minimum absolute atomic E-state index is 0.0764. The van der Waals surface area contributed by atoms with Gasteiger partial charge in [-0.2, -0.15) is 0 Å². The lowest BCUT2D eigenvalue weighted by molar-refractivity contribution is 0.0734. The van der Waals surface area contributed by atoms with Crippen LogP contribution in [0.4, 0.5) is 0 Å². The molecular formula is C16H21NO3. The molecule has 4 heteroatoms. The minimum Gasteiger partial charge on any atom is -0.490 e. The first-order chi connectivity index (χ1) is 9.75. The summed E-state index contributed by atoms with van der Waals surface area (Å²) in [7, 11) is 1.90. The molecule has 1 aliphatic heterocycles. The summed E-state index contributed by atoms with van der Waals surface area (Å²) in [5, 5.41) is 0. The molecule has 0 radical (unpaired) electrons. The summed E-state index contributed by atoms with van der Waals surface area (Å²) in [6.45, 7) is 1.31. The van der Waals surface area contributed by atoms with Crippen LogP contribution >= 0.6 is 0 Å². The molecule has 1 aliphatic carbocycles. The maximum Gasteiger partial charge on any atom is 0.253 e. The molecule has 0 spiro atoms. The van der Waals surface area contributed by atoms with Crippen molar-refractivity contribution in [2.75, 3.05) is 20.3 Å². The molecule has 3 rings (SSSR count). The fourth-order valence-corrected chi connectivity index (χ4v) is 2.96. The molecule has 1 fully saturated rings. The van der Waals surface area contributed by atoms with Gasteiger partial charge in [-0.25, -0.2) is 0 Å². The molecule has 0 saturated heterocycles. The summed E-state index contributed by atoms with van der Waals surface area (Å²) < 4.78 is 11.2. The van der Waals surface area contributed by atoms with Gasteiger partial charge >= 0.3 is 0 Å². The first kappa shape index (κ1) is 13.3. The molecule has 20 heavy (non-hydrogen) atoms. The van der Waals surface area contributed by atoms with E-state index in [0.717, 1.165) is 25.0 Å². The lowest BCUT2D eigenvalue weighted by Gasteiger charge is -2.24. The van der Waals surface area contributed by atoms with Crippen LogP contribution in [0.15, 0.2) is 18.2 Å². The van der Waals surface area contributed by atoms with E-state index in [4.69, 9.17) is 9.47 Å². The van der Waals surface area contributed by atoms with Crippen molar-refractivity contribution in [3.8, 4) is 11.5 Å². The second-order valence-corrected chi connectivity index (χ2v) is 5.57. The number of hydrogen-bond acceptors (Lipinski definition) is 3. The molecule has 108 valence electrons. The molecule has 2 aliphatic rings. The minimum atomic E-state index is 0.0764. The molecule has 0 unspecified atom stereocenters. The summed E-state index contributed by atoms with van der Waals surface area (Å²) in [5.74, 6) is 1.50. The van der Waals surface area contributed by atoms with Crippen LogP contribution in [0.3, 0.4) is 0 Å². The Hall–Kier alpha value is -1.71. The van der Waals surface area contributed by atoms with Crippen LogP contribution < -0.4 is 9.47 Å². The summed E-state index contributed by atoms with van der Waals surface area (Å²) >= 11 is 0. The highest BCUT2D eigenvalue weighted by molar-refractivity contribution is 5.95. The Kier molecular flexibility index (Phi) is 3.81. The van der Waals surface area contributed by atoms with Gasteiger partial charge in [0.2, 0.25) is 0 Å². The predicted molar refractivity (Wildman–Crippen MR) is 76.4 cm³/mol. The average Bonchev–Trinajstić information content (AvgIpc) is 2.91. The third kappa shape index (κ3) is 2.60. The lowest BCUT2D eigenvalue weighted by atomic mass is 10.1. The van der Waals surface area contributed by atoms with Gasteiger partial charge in [-0.05, 0) is 31.0 Å². The van der Waals surface area contributed by atoms with Gasteiger partial charge in [-0.15, -0.1) is 0 Å². The van der Waals surface area contributed by atoms with Gasteiger partial charge in [0.05, 0.1) is 13.2 Å². The number of benzene rings is 1. The molecule has 1 amide bonds. The highest BCUT2D eigenvalue weighted by Gasteiger charge is 2.25. The fourth-order valence-electron chi connectivity index (χ4n) is 2.96. The van der Waals surface area contributed by atoms with E-state index in [1.54, 1.807) is 0 Å². The number of carbonyl (C=O) groups is 1. The molecule has 4 nitrogen and oxygen atoms in total. The van der Waals surface area contributed by atoms with E-state index in [2.05, 4.69) is 0 Å². The maximum atomic E-state index is 12.5. The summed E-state index contributed by atoms with van der Waals surface area (Å²) in [5.41, 5.74) is 0.684. The SMILES string of the molecule is CN(C(=O)c1ccc2c(c1)OCCCO2)C1CCCC1. The topological polar surface area (TPSA) is 38.8 Å². The Morgan fingerprint density at radius 3 is 2.55 bits per heavy atom. The first-order valence-electron chi connectivity index (χ1n) is 7.42. The number of carbonyl (C=O) groups excluding carboxylic acids is 1. The Balaban J connectivity index is 1.79. The van der Waals surface area contributed by atoms with Gasteiger partial charge in [0.25, 0.3) is 5.91 Å². The van der Waals surface area contributed by atoms with Gasteiger partial charge in [0.15, 0.2) is 11.5 Å². The van der Waals surface area contributed by atoms with Crippen LogP contribution in [0.2, 0.25) is 0 Å². The molecular weight excluding hydrogens is 254 g/mol. The molecule has 1 aromatic rings. The quantitative estimate of drug-likeness (QED) is 0.833. The van der Waals surface area contributed by atoms with Crippen molar-refractivity contribution >= 4 is 5.91 Å². The fraction of sp³-hybridized carbons (Fsp3) is 0.562. The van der Waals surface area contributed by atoms with Crippen LogP contribution in [-0.4, -0.2) is 37.1 Å². The number of ether oxygens (including phenoxy) is 2. The second-order valence-electron chi connectivity index (χ2n) is 5.57. The van der Waals surface area contributed by atoms with Gasteiger partial charge < -0.3 is 14.4 Å². The van der Waals surface area contributed by atoms with E-state index in [1.165, 1.54) is 12.8 Å². The Morgan fingerprint density at radius 2 is 1.80 bits per heavy atom. The highest BCUT2D eigenvalue weighted by Crippen LogP contribution is 2.31. The van der Waals surface area contributed by atoms with Crippen LogP contribution in [0.5, 0.6) is 11.5 Å². The van der Waals surface area contributed by atoms with Crippen LogP contribution in [0.1, 0.15) is 42.5 Å². The molecule has 1 aromatic carbocycles. The molecule has 0 aromatic heterocycles. The second kappa shape index (κ2) is 5.73. The van der Waals surface area contributed by atoms with Crippen molar-refractivity contribution < 1.29 is 14.3 Å². The third-order valence-electron chi connectivity index (χ3n) is 4.19. The van der Waals surface area contributed by atoms with E-state index < -0.39 is 0 Å². The lowest BCUT2D eigenvalue weighted by Crippen LogP contribution is -2.35. The van der Waals surface area contributed by atoms with Crippen molar-refractivity contribution in [2.24, 2.45) is 0 Å². The van der Waals surface area contributed by atoms with E-state index in [-0.39, 0.29) is 5.91 Å². The smallest absolute Gasteiger partial charge is 0.253 e. The standard InChI is InChI=1S/C16H21NO3/c1-17(13-5-2-3-6-13)16(18)12-7-8-14-15(11-12)20-10-4-9-19-14/h7-8,11,13H,2-6,9-10H2,1H3. The van der Waals surface area contributed by atoms with Crippen molar-refractivity contribution in [3.63, 3.8) is 0 Å². The van der Waals surface area contributed by atoms with E-state index >= 15 is 0 Å². The average molecular weight is 275 g/mol. The van der Waals surface area contributed by atoms with E-state index in [0.29, 0.717) is 30.6 Å². The zero-order valence-corrected chi connectivity index (χ0v) is 11.9. The number of nitrogens with zero attached hydrogens (tertiary/aromatic N) is 1. The van der Waals surface area contributed by atoms with Crippen molar-refractivity contribution in [1.82, 2.24) is 4.90 Å². The number of rotatable bonds is 2. The highest BCUT2D eigenvalue weighted by atomic mass is 16.5. The van der Waals surface area contributed by atoms with E-state index in [9.17, 15) is 4.79 Å². The monoisotopic (exact) mass is 275 g/mol. The van der Waals surface area contributed by atoms with Gasteiger partial charge in [0, 0.05) is 25.1 Å². The Morgan fingerprint density at radius 1 is 1.10 bits per heavy atom. The molecule has 1 saturated carbocycles. The largest absolute Gasteiger partial charge is 0.490 e. The predicted octanol–water partition coefficient (Wildman–Crippen LogP) is 2.86. The van der Waals surface area contributed by atoms with Crippen molar-refractivity contribution in [2.45, 2.75) is 38.1 Å².